The average Bonchev–Trinajstić information content (AvgIpc) is 3.28. The molecule has 2 N–H and O–H groups in total. The van der Waals surface area contributed by atoms with Gasteiger partial charge >= 0.3 is 0 Å². The van der Waals surface area contributed by atoms with Crippen LogP contribution >= 0.6 is 24.8 Å². The van der Waals surface area contributed by atoms with Crippen molar-refractivity contribution in [3.8, 4) is 11.3 Å². The molecule has 0 spiro atoms. The van der Waals surface area contributed by atoms with E-state index in [2.05, 4.69) is 4.98 Å². The Bertz CT molecular complexity index is 882. The van der Waals surface area contributed by atoms with Gasteiger partial charge in [-0.15, -0.1) is 24.8 Å². The van der Waals surface area contributed by atoms with E-state index in [1.807, 2.05) is 64.2 Å². The molecule has 5 nitrogen and oxygen atoms in total. The first-order valence-electron chi connectivity index (χ1n) is 8.28. The maximum Gasteiger partial charge on any atom is 0.255 e. The highest BCUT2D eigenvalue weighted by atomic mass is 35.5. The van der Waals surface area contributed by atoms with E-state index in [0.717, 1.165) is 36.4 Å². The van der Waals surface area contributed by atoms with Crippen molar-refractivity contribution in [2.24, 2.45) is 11.7 Å². The first kappa shape index (κ1) is 20.2. The summed E-state index contributed by atoms with van der Waals surface area (Å²) in [4.78, 5) is 19.2. The van der Waals surface area contributed by atoms with E-state index < -0.39 is 0 Å². The van der Waals surface area contributed by atoms with Crippen LogP contribution in [-0.4, -0.2) is 39.8 Å². The van der Waals surface area contributed by atoms with Crippen LogP contribution in [-0.2, 0) is 0 Å². The maximum atomic E-state index is 12.7. The van der Waals surface area contributed by atoms with Gasteiger partial charge in [-0.05, 0) is 31.0 Å². The third-order valence-corrected chi connectivity index (χ3v) is 4.67. The van der Waals surface area contributed by atoms with Crippen molar-refractivity contribution in [1.29, 1.82) is 0 Å². The van der Waals surface area contributed by atoms with Crippen LogP contribution in [0.15, 0.2) is 54.9 Å². The van der Waals surface area contributed by atoms with Gasteiger partial charge in [0.25, 0.3) is 5.91 Å². The van der Waals surface area contributed by atoms with Crippen LogP contribution in [0.3, 0.4) is 0 Å². The number of fused-ring (bicyclic) bond motifs is 1. The fourth-order valence-electron chi connectivity index (χ4n) is 3.26. The molecule has 3 heterocycles. The molecule has 3 aromatic rings. The second kappa shape index (κ2) is 8.54. The maximum absolute atomic E-state index is 12.7. The quantitative estimate of drug-likeness (QED) is 0.743. The lowest BCUT2D eigenvalue weighted by Gasteiger charge is -2.16. The molecule has 1 aliphatic heterocycles. The third-order valence-electron chi connectivity index (χ3n) is 4.67. The molecule has 138 valence electrons. The lowest BCUT2D eigenvalue weighted by atomic mass is 10.1. The minimum Gasteiger partial charge on any atom is -0.338 e. The molecule has 4 rings (SSSR count). The predicted molar refractivity (Wildman–Crippen MR) is 108 cm³/mol. The molecule has 0 bridgehead atoms. The number of carbonyl (C=O) groups excluding carboxylic acids is 1. The Morgan fingerprint density at radius 2 is 1.88 bits per heavy atom. The van der Waals surface area contributed by atoms with Crippen LogP contribution in [0.4, 0.5) is 0 Å². The molecule has 1 aliphatic rings. The number of hydrogen-bond donors (Lipinski definition) is 1. The summed E-state index contributed by atoms with van der Waals surface area (Å²) in [6.45, 7) is 2.19. The fraction of sp³-hybridized carbons (Fsp3) is 0.263. The minimum atomic E-state index is 0. The monoisotopic (exact) mass is 392 g/mol. The first-order valence-corrected chi connectivity index (χ1v) is 8.28. The average molecular weight is 393 g/mol. The van der Waals surface area contributed by atoms with Gasteiger partial charge in [0.1, 0.15) is 5.65 Å². The van der Waals surface area contributed by atoms with Crippen molar-refractivity contribution in [2.75, 3.05) is 19.6 Å². The van der Waals surface area contributed by atoms with Crippen LogP contribution < -0.4 is 5.73 Å². The highest BCUT2D eigenvalue weighted by molar-refractivity contribution is 5.94. The van der Waals surface area contributed by atoms with Gasteiger partial charge in [0.15, 0.2) is 0 Å². The zero-order valence-electron chi connectivity index (χ0n) is 14.2. The van der Waals surface area contributed by atoms with Gasteiger partial charge in [-0.25, -0.2) is 4.98 Å². The van der Waals surface area contributed by atoms with E-state index in [0.29, 0.717) is 18.0 Å². The van der Waals surface area contributed by atoms with Gasteiger partial charge in [0, 0.05) is 31.0 Å². The van der Waals surface area contributed by atoms with Crippen LogP contribution in [0, 0.1) is 5.92 Å². The van der Waals surface area contributed by atoms with Gasteiger partial charge < -0.3 is 15.0 Å². The SMILES string of the molecule is Cl.Cl.NCC1CCN(C(=O)c2ccc3nc(-c4ccccc4)cn3c2)C1. The number of hydrogen-bond acceptors (Lipinski definition) is 3. The molecule has 7 heteroatoms. The van der Waals surface area contributed by atoms with Crippen molar-refractivity contribution in [2.45, 2.75) is 6.42 Å². The van der Waals surface area contributed by atoms with Crippen molar-refractivity contribution < 1.29 is 4.79 Å². The van der Waals surface area contributed by atoms with Crippen molar-refractivity contribution in [1.82, 2.24) is 14.3 Å². The fourth-order valence-corrected chi connectivity index (χ4v) is 3.26. The van der Waals surface area contributed by atoms with Gasteiger partial charge in [-0.2, -0.15) is 0 Å². The number of carbonyl (C=O) groups is 1. The zero-order valence-corrected chi connectivity index (χ0v) is 15.9. The number of imidazole rings is 1. The lowest BCUT2D eigenvalue weighted by Crippen LogP contribution is -2.30. The summed E-state index contributed by atoms with van der Waals surface area (Å²) in [5.74, 6) is 0.499. The Hall–Kier alpha value is -2.08. The topological polar surface area (TPSA) is 63.6 Å². The lowest BCUT2D eigenvalue weighted by molar-refractivity contribution is 0.0787. The summed E-state index contributed by atoms with van der Waals surface area (Å²) in [7, 11) is 0. The molecule has 1 amide bonds. The number of amides is 1. The number of benzene rings is 1. The third kappa shape index (κ3) is 3.85. The van der Waals surface area contributed by atoms with Gasteiger partial charge in [-0.3, -0.25) is 4.79 Å². The molecule has 0 saturated carbocycles. The molecular weight excluding hydrogens is 371 g/mol. The predicted octanol–water partition coefficient (Wildman–Crippen LogP) is 3.27. The summed E-state index contributed by atoms with van der Waals surface area (Å²) in [5.41, 5.74) is 9.22. The molecule has 1 atom stereocenters. The van der Waals surface area contributed by atoms with E-state index >= 15 is 0 Å². The first-order chi connectivity index (χ1) is 11.7. The van der Waals surface area contributed by atoms with E-state index in [4.69, 9.17) is 5.73 Å². The molecule has 0 aliphatic carbocycles. The number of likely N-dealkylation sites (tertiary alicyclic amines) is 1. The normalized spacial score (nSPS) is 16.2. The molecule has 1 unspecified atom stereocenters. The molecule has 1 aromatic carbocycles. The number of nitrogens with two attached hydrogens (primary N) is 1. The number of aromatic nitrogens is 2. The summed E-state index contributed by atoms with van der Waals surface area (Å²) >= 11 is 0. The summed E-state index contributed by atoms with van der Waals surface area (Å²) < 4.78 is 1.92. The Kier molecular flexibility index (Phi) is 6.64. The number of nitrogens with zero attached hydrogens (tertiary/aromatic N) is 3. The molecular formula is C19H22Cl2N4O. The van der Waals surface area contributed by atoms with Gasteiger partial charge in [0.05, 0.1) is 11.3 Å². The minimum absolute atomic E-state index is 0. The Morgan fingerprint density at radius 1 is 1.12 bits per heavy atom. The molecule has 1 fully saturated rings. The highest BCUT2D eigenvalue weighted by Crippen LogP contribution is 2.21. The molecule has 2 aromatic heterocycles. The largest absolute Gasteiger partial charge is 0.338 e. The summed E-state index contributed by atoms with van der Waals surface area (Å²) in [6.07, 6.45) is 4.83. The Morgan fingerprint density at radius 3 is 2.58 bits per heavy atom. The van der Waals surface area contributed by atoms with Crippen LogP contribution in [0.5, 0.6) is 0 Å². The van der Waals surface area contributed by atoms with E-state index in [1.165, 1.54) is 0 Å². The molecule has 1 saturated heterocycles. The van der Waals surface area contributed by atoms with Crippen molar-refractivity contribution >= 4 is 36.4 Å². The second-order valence-corrected chi connectivity index (χ2v) is 6.32. The van der Waals surface area contributed by atoms with E-state index in [1.54, 1.807) is 0 Å². The smallest absolute Gasteiger partial charge is 0.255 e. The van der Waals surface area contributed by atoms with Crippen molar-refractivity contribution in [3.05, 3.63) is 60.4 Å². The number of pyridine rings is 1. The zero-order chi connectivity index (χ0) is 16.5. The summed E-state index contributed by atoms with van der Waals surface area (Å²) in [6, 6.07) is 13.8. The second-order valence-electron chi connectivity index (χ2n) is 6.32. The Balaban J connectivity index is 0.00000121. The summed E-state index contributed by atoms with van der Waals surface area (Å²) in [5, 5.41) is 0. The van der Waals surface area contributed by atoms with E-state index in [-0.39, 0.29) is 30.7 Å². The van der Waals surface area contributed by atoms with Crippen LogP contribution in [0.2, 0.25) is 0 Å². The van der Waals surface area contributed by atoms with E-state index in [9.17, 15) is 4.79 Å². The van der Waals surface area contributed by atoms with Gasteiger partial charge in [0.2, 0.25) is 0 Å². The number of halogens is 2. The van der Waals surface area contributed by atoms with Crippen LogP contribution in [0.1, 0.15) is 16.8 Å². The standard InChI is InChI=1S/C19H20N4O.2ClH/c20-10-14-8-9-22(11-14)19(24)16-6-7-18-21-17(13-23(18)12-16)15-4-2-1-3-5-15;;/h1-7,12-14H,8-11,20H2;2*1H. The van der Waals surface area contributed by atoms with Crippen molar-refractivity contribution in [3.63, 3.8) is 0 Å². The molecule has 26 heavy (non-hydrogen) atoms. The molecule has 0 radical (unpaired) electrons. The van der Waals surface area contributed by atoms with Gasteiger partial charge in [-0.1, -0.05) is 30.3 Å². The highest BCUT2D eigenvalue weighted by Gasteiger charge is 2.26. The number of rotatable bonds is 3. The Labute approximate surface area is 165 Å². The van der Waals surface area contributed by atoms with Crippen LogP contribution in [0.25, 0.3) is 16.9 Å².